The van der Waals surface area contributed by atoms with Gasteiger partial charge in [0.25, 0.3) is 11.8 Å². The van der Waals surface area contributed by atoms with Crippen LogP contribution in [0.4, 0.5) is 0 Å². The summed E-state index contributed by atoms with van der Waals surface area (Å²) >= 11 is 0. The molecule has 0 aliphatic carbocycles. The number of imide groups is 1. The van der Waals surface area contributed by atoms with Gasteiger partial charge in [0.05, 0.1) is 22.2 Å². The monoisotopic (exact) mass is 503 g/mol. The molecule has 0 atom stereocenters. The predicted molar refractivity (Wildman–Crippen MR) is 148 cm³/mol. The highest BCUT2D eigenvalue weighted by Gasteiger charge is 2.40. The van der Waals surface area contributed by atoms with Gasteiger partial charge in [-0.15, -0.1) is 0 Å². The van der Waals surface area contributed by atoms with E-state index in [0.29, 0.717) is 36.6 Å². The zero-order valence-electron chi connectivity index (χ0n) is 21.0. The van der Waals surface area contributed by atoms with E-state index in [1.165, 1.54) is 4.90 Å². The second-order valence-corrected chi connectivity index (χ2v) is 9.97. The van der Waals surface area contributed by atoms with Crippen molar-refractivity contribution in [1.82, 2.24) is 24.8 Å². The van der Waals surface area contributed by atoms with Gasteiger partial charge < -0.3 is 19.6 Å². The fraction of sp³-hybridized carbons (Fsp3) is 0.167. The Morgan fingerprint density at radius 2 is 1.55 bits per heavy atom. The second kappa shape index (κ2) is 8.43. The molecule has 0 fully saturated rings. The number of aromatic nitrogens is 3. The lowest BCUT2D eigenvalue weighted by molar-refractivity contribution is 0.0646. The summed E-state index contributed by atoms with van der Waals surface area (Å²) in [6, 6.07) is 17.7. The van der Waals surface area contributed by atoms with Crippen molar-refractivity contribution in [3.8, 4) is 5.75 Å². The van der Waals surface area contributed by atoms with E-state index in [1.807, 2.05) is 73.6 Å². The van der Waals surface area contributed by atoms with E-state index in [9.17, 15) is 9.59 Å². The molecule has 4 heterocycles. The number of H-pyrrole nitrogens is 2. The van der Waals surface area contributed by atoms with Crippen LogP contribution in [0.2, 0.25) is 0 Å². The Morgan fingerprint density at radius 1 is 0.868 bits per heavy atom. The van der Waals surface area contributed by atoms with Gasteiger partial charge >= 0.3 is 0 Å². The van der Waals surface area contributed by atoms with Gasteiger partial charge in [-0.1, -0.05) is 30.3 Å². The molecule has 3 aromatic carbocycles. The predicted octanol–water partition coefficient (Wildman–Crippen LogP) is 5.09. The number of carbonyl (C=O) groups excluding carboxylic acids is 2. The molecule has 2 N–H and O–H groups in total. The normalized spacial score (nSPS) is 13.6. The molecule has 8 nitrogen and oxygen atoms in total. The summed E-state index contributed by atoms with van der Waals surface area (Å²) in [7, 11) is 3.85. The molecular weight excluding hydrogens is 478 g/mol. The van der Waals surface area contributed by atoms with E-state index in [2.05, 4.69) is 15.0 Å². The van der Waals surface area contributed by atoms with Crippen LogP contribution in [0.1, 0.15) is 26.3 Å². The Hall–Kier alpha value is -4.69. The highest BCUT2D eigenvalue weighted by atomic mass is 16.5. The first kappa shape index (κ1) is 22.5. The Bertz CT molecular complexity index is 1900. The molecule has 3 aromatic heterocycles. The SMILES string of the molecule is CN(C)CCN1C(=O)c2c(c3c4cc(OCc5ccccc5)ccc4[nH]c3c3[nH]c4ccncc4c23)C1=O. The minimum absolute atomic E-state index is 0.269. The molecule has 0 bridgehead atoms. The van der Waals surface area contributed by atoms with Gasteiger partial charge in [-0.05, 0) is 43.9 Å². The number of fused-ring (bicyclic) bond motifs is 10. The summed E-state index contributed by atoms with van der Waals surface area (Å²) in [4.78, 5) is 42.3. The number of benzene rings is 3. The van der Waals surface area contributed by atoms with Crippen molar-refractivity contribution < 1.29 is 14.3 Å². The molecule has 0 radical (unpaired) electrons. The zero-order valence-corrected chi connectivity index (χ0v) is 21.0. The van der Waals surface area contributed by atoms with E-state index >= 15 is 0 Å². The van der Waals surface area contributed by atoms with Crippen molar-refractivity contribution in [1.29, 1.82) is 0 Å². The van der Waals surface area contributed by atoms with Gasteiger partial charge in [0.1, 0.15) is 12.4 Å². The van der Waals surface area contributed by atoms with Crippen LogP contribution in [0.3, 0.4) is 0 Å². The highest BCUT2D eigenvalue weighted by molar-refractivity contribution is 6.39. The average Bonchev–Trinajstić information content (AvgIpc) is 3.56. The molecule has 188 valence electrons. The molecule has 7 rings (SSSR count). The lowest BCUT2D eigenvalue weighted by atomic mass is 9.97. The highest BCUT2D eigenvalue weighted by Crippen LogP contribution is 2.44. The van der Waals surface area contributed by atoms with Crippen LogP contribution in [0.25, 0.3) is 43.6 Å². The molecule has 2 amide bonds. The van der Waals surface area contributed by atoms with Crippen LogP contribution >= 0.6 is 0 Å². The molecular formula is C30H25N5O3. The van der Waals surface area contributed by atoms with E-state index in [-0.39, 0.29) is 11.8 Å². The van der Waals surface area contributed by atoms with Crippen molar-refractivity contribution in [2.45, 2.75) is 6.61 Å². The average molecular weight is 504 g/mol. The van der Waals surface area contributed by atoms with Gasteiger partial charge in [0, 0.05) is 58.1 Å². The summed E-state index contributed by atoms with van der Waals surface area (Å²) < 4.78 is 6.11. The third-order valence-corrected chi connectivity index (χ3v) is 7.31. The number of aromatic amines is 2. The Morgan fingerprint density at radius 3 is 2.26 bits per heavy atom. The van der Waals surface area contributed by atoms with Gasteiger partial charge in [-0.2, -0.15) is 0 Å². The maximum atomic E-state index is 13.9. The van der Waals surface area contributed by atoms with E-state index in [1.54, 1.807) is 12.4 Å². The third kappa shape index (κ3) is 3.30. The van der Waals surface area contributed by atoms with Crippen molar-refractivity contribution in [3.63, 3.8) is 0 Å². The number of likely N-dealkylation sites (N-methyl/N-ethyl adjacent to an activating group) is 1. The number of carbonyl (C=O) groups is 2. The minimum atomic E-state index is -0.270. The van der Waals surface area contributed by atoms with Gasteiger partial charge in [-0.25, -0.2) is 0 Å². The lowest BCUT2D eigenvalue weighted by Crippen LogP contribution is -2.35. The number of nitrogens with zero attached hydrogens (tertiary/aromatic N) is 3. The number of rotatable bonds is 6. The van der Waals surface area contributed by atoms with Crippen LogP contribution in [-0.2, 0) is 6.61 Å². The van der Waals surface area contributed by atoms with Crippen molar-refractivity contribution in [3.05, 3.63) is 83.7 Å². The standard InChI is InChI=1S/C30H25N5O3/c1-34(2)12-13-35-29(36)25-23-19-14-18(38-16-17-6-4-3-5-7-17)8-9-21(19)32-27(23)28-24(26(25)30(35)37)20-15-31-11-10-22(20)33-28/h3-11,14-15,32-33H,12-13,16H2,1-2H3. The number of hydrogen-bond acceptors (Lipinski definition) is 5. The summed E-state index contributed by atoms with van der Waals surface area (Å²) in [5.74, 6) is 0.154. The molecule has 38 heavy (non-hydrogen) atoms. The van der Waals surface area contributed by atoms with Crippen molar-refractivity contribution >= 4 is 55.4 Å². The Balaban J connectivity index is 1.48. The molecule has 1 aliphatic rings. The topological polar surface area (TPSA) is 94.3 Å². The Kier molecular flexibility index (Phi) is 4.99. The smallest absolute Gasteiger partial charge is 0.262 e. The first-order valence-electron chi connectivity index (χ1n) is 12.6. The van der Waals surface area contributed by atoms with E-state index < -0.39 is 0 Å². The summed E-state index contributed by atoms with van der Waals surface area (Å²) in [6.45, 7) is 1.33. The number of hydrogen-bond donors (Lipinski definition) is 2. The van der Waals surface area contributed by atoms with Crippen LogP contribution in [0.15, 0.2) is 67.0 Å². The minimum Gasteiger partial charge on any atom is -0.489 e. The van der Waals surface area contributed by atoms with E-state index in [4.69, 9.17) is 4.74 Å². The lowest BCUT2D eigenvalue weighted by Gasteiger charge is -2.16. The first-order chi connectivity index (χ1) is 18.5. The Labute approximate surface area is 217 Å². The number of ether oxygens (including phenoxy) is 1. The first-order valence-corrected chi connectivity index (χ1v) is 12.6. The quantitative estimate of drug-likeness (QED) is 0.309. The molecule has 8 heteroatoms. The largest absolute Gasteiger partial charge is 0.489 e. The molecule has 6 aromatic rings. The van der Waals surface area contributed by atoms with Crippen LogP contribution < -0.4 is 4.74 Å². The van der Waals surface area contributed by atoms with Crippen molar-refractivity contribution in [2.24, 2.45) is 0 Å². The van der Waals surface area contributed by atoms with E-state index in [0.717, 1.165) is 49.2 Å². The number of pyridine rings is 1. The zero-order chi connectivity index (χ0) is 26.0. The molecule has 0 spiro atoms. The second-order valence-electron chi connectivity index (χ2n) is 9.97. The van der Waals surface area contributed by atoms with Gasteiger partial charge in [0.2, 0.25) is 0 Å². The molecule has 0 saturated carbocycles. The summed E-state index contributed by atoms with van der Waals surface area (Å²) in [5.41, 5.74) is 5.26. The van der Waals surface area contributed by atoms with Crippen LogP contribution in [0, 0.1) is 0 Å². The maximum absolute atomic E-state index is 13.9. The van der Waals surface area contributed by atoms with Gasteiger partial charge in [-0.3, -0.25) is 19.5 Å². The molecule has 0 unspecified atom stereocenters. The fourth-order valence-corrected chi connectivity index (χ4v) is 5.47. The summed E-state index contributed by atoms with van der Waals surface area (Å²) in [6.07, 6.45) is 3.46. The van der Waals surface area contributed by atoms with Crippen molar-refractivity contribution in [2.75, 3.05) is 27.2 Å². The van der Waals surface area contributed by atoms with Crippen LogP contribution in [-0.4, -0.2) is 63.8 Å². The number of amides is 2. The van der Waals surface area contributed by atoms with Gasteiger partial charge in [0.15, 0.2) is 0 Å². The fourth-order valence-electron chi connectivity index (χ4n) is 5.47. The third-order valence-electron chi connectivity index (χ3n) is 7.31. The summed E-state index contributed by atoms with van der Waals surface area (Å²) in [5, 5.41) is 3.13. The molecule has 1 aliphatic heterocycles. The van der Waals surface area contributed by atoms with Crippen LogP contribution in [0.5, 0.6) is 5.75 Å². The number of nitrogens with one attached hydrogen (secondary N) is 2. The molecule has 0 saturated heterocycles. The maximum Gasteiger partial charge on any atom is 0.262 e.